The number of benzene rings is 1. The number of aliphatic hydroxyl groups excluding tert-OH is 1. The fourth-order valence-electron chi connectivity index (χ4n) is 1.79. The number of hydrogen-bond acceptors (Lipinski definition) is 3. The molecule has 2 aromatic rings. The van der Waals surface area contributed by atoms with Gasteiger partial charge < -0.3 is 10.4 Å². The Labute approximate surface area is 122 Å². The molecular weight excluding hydrogens is 278 g/mol. The first kappa shape index (κ1) is 14.6. The van der Waals surface area contributed by atoms with Crippen LogP contribution < -0.4 is 5.32 Å². The van der Waals surface area contributed by atoms with Crippen molar-refractivity contribution in [2.24, 2.45) is 0 Å². The Morgan fingerprint density at radius 1 is 1.50 bits per heavy atom. The first-order valence-corrected chi connectivity index (χ1v) is 6.74. The van der Waals surface area contributed by atoms with Crippen molar-refractivity contribution in [3.63, 3.8) is 0 Å². The molecule has 106 valence electrons. The molecule has 1 atom stereocenters. The van der Waals surface area contributed by atoms with E-state index in [1.54, 1.807) is 30.3 Å². The first-order valence-electron chi connectivity index (χ1n) is 6.36. The summed E-state index contributed by atoms with van der Waals surface area (Å²) in [6, 6.07) is 8.68. The van der Waals surface area contributed by atoms with E-state index in [0.29, 0.717) is 16.3 Å². The number of nitrogens with zero attached hydrogens (tertiary/aromatic N) is 1. The lowest BCUT2D eigenvalue weighted by atomic mass is 10.1. The van der Waals surface area contributed by atoms with Gasteiger partial charge in [-0.15, -0.1) is 0 Å². The highest BCUT2D eigenvalue weighted by atomic mass is 35.5. The molecule has 2 rings (SSSR count). The minimum atomic E-state index is -0.850. The highest BCUT2D eigenvalue weighted by Gasteiger charge is 2.14. The van der Waals surface area contributed by atoms with Gasteiger partial charge in [0.2, 0.25) is 0 Å². The fourth-order valence-corrected chi connectivity index (χ4v) is 2.06. The summed E-state index contributed by atoms with van der Waals surface area (Å²) >= 11 is 5.98. The van der Waals surface area contributed by atoms with Crippen molar-refractivity contribution in [1.29, 1.82) is 0 Å². The smallest absolute Gasteiger partial charge is 0.271 e. The highest BCUT2D eigenvalue weighted by molar-refractivity contribution is 6.31. The predicted octanol–water partition coefficient (Wildman–Crippen LogP) is 2.09. The summed E-state index contributed by atoms with van der Waals surface area (Å²) in [5, 5.41) is 19.8. The minimum Gasteiger partial charge on any atom is -0.387 e. The number of H-pyrrole nitrogens is 1. The van der Waals surface area contributed by atoms with Crippen LogP contribution in [0.2, 0.25) is 5.02 Å². The average molecular weight is 294 g/mol. The van der Waals surface area contributed by atoms with Gasteiger partial charge in [0.05, 0.1) is 6.10 Å². The Bertz CT molecular complexity index is 598. The van der Waals surface area contributed by atoms with Gasteiger partial charge >= 0.3 is 0 Å². The maximum atomic E-state index is 11.9. The van der Waals surface area contributed by atoms with Crippen LogP contribution in [0.4, 0.5) is 0 Å². The molecule has 1 amide bonds. The van der Waals surface area contributed by atoms with Gasteiger partial charge in [-0.05, 0) is 18.6 Å². The number of halogens is 1. The number of rotatable bonds is 5. The SMILES string of the molecule is CCc1cc(C(=O)NCC(O)c2ccccc2Cl)n[nH]1. The lowest BCUT2D eigenvalue weighted by molar-refractivity contribution is 0.0911. The van der Waals surface area contributed by atoms with E-state index in [9.17, 15) is 9.90 Å². The molecule has 1 heterocycles. The molecule has 0 radical (unpaired) electrons. The summed E-state index contributed by atoms with van der Waals surface area (Å²) in [5.74, 6) is -0.327. The highest BCUT2D eigenvalue weighted by Crippen LogP contribution is 2.21. The van der Waals surface area contributed by atoms with E-state index in [1.807, 2.05) is 6.92 Å². The number of nitrogens with one attached hydrogen (secondary N) is 2. The van der Waals surface area contributed by atoms with Crippen molar-refractivity contribution in [2.45, 2.75) is 19.4 Å². The molecule has 0 aliphatic carbocycles. The van der Waals surface area contributed by atoms with Gasteiger partial charge in [0.1, 0.15) is 5.69 Å². The van der Waals surface area contributed by atoms with Crippen LogP contribution >= 0.6 is 11.6 Å². The number of hydrogen-bond donors (Lipinski definition) is 3. The van der Waals surface area contributed by atoms with Crippen LogP contribution in [0.1, 0.15) is 34.8 Å². The van der Waals surface area contributed by atoms with Crippen molar-refractivity contribution in [2.75, 3.05) is 6.54 Å². The summed E-state index contributed by atoms with van der Waals surface area (Å²) in [4.78, 5) is 11.9. The molecule has 0 aliphatic rings. The third-order valence-electron chi connectivity index (χ3n) is 2.96. The Morgan fingerprint density at radius 3 is 2.90 bits per heavy atom. The maximum absolute atomic E-state index is 11.9. The Kier molecular flexibility index (Phi) is 4.76. The van der Waals surface area contributed by atoms with E-state index >= 15 is 0 Å². The van der Waals surface area contributed by atoms with Gasteiger partial charge in [-0.1, -0.05) is 36.7 Å². The van der Waals surface area contributed by atoms with Gasteiger partial charge in [0.15, 0.2) is 0 Å². The summed E-state index contributed by atoms with van der Waals surface area (Å²) < 4.78 is 0. The van der Waals surface area contributed by atoms with Crippen LogP contribution in [-0.2, 0) is 6.42 Å². The van der Waals surface area contributed by atoms with Crippen LogP contribution in [0.25, 0.3) is 0 Å². The van der Waals surface area contributed by atoms with Crippen molar-refractivity contribution >= 4 is 17.5 Å². The van der Waals surface area contributed by atoms with Gasteiger partial charge in [-0.2, -0.15) is 5.10 Å². The number of aryl methyl sites for hydroxylation is 1. The molecule has 0 saturated heterocycles. The molecule has 1 aromatic carbocycles. The second-order valence-corrected chi connectivity index (χ2v) is 4.79. The first-order chi connectivity index (χ1) is 9.61. The molecule has 5 nitrogen and oxygen atoms in total. The summed E-state index contributed by atoms with van der Waals surface area (Å²) in [6.45, 7) is 2.05. The molecular formula is C14H16ClN3O2. The Hall–Kier alpha value is -1.85. The molecule has 0 bridgehead atoms. The quantitative estimate of drug-likeness (QED) is 0.790. The zero-order chi connectivity index (χ0) is 14.5. The zero-order valence-corrected chi connectivity index (χ0v) is 11.8. The molecule has 0 spiro atoms. The van der Waals surface area contributed by atoms with Crippen LogP contribution in [0.3, 0.4) is 0 Å². The van der Waals surface area contributed by atoms with Crippen LogP contribution in [-0.4, -0.2) is 27.8 Å². The number of amides is 1. The van der Waals surface area contributed by atoms with Gasteiger partial charge in [0, 0.05) is 22.8 Å². The number of aliphatic hydroxyl groups is 1. The van der Waals surface area contributed by atoms with Gasteiger partial charge in [-0.25, -0.2) is 0 Å². The Balaban J connectivity index is 1.95. The second-order valence-electron chi connectivity index (χ2n) is 4.38. The molecule has 0 fully saturated rings. The van der Waals surface area contributed by atoms with Crippen LogP contribution in [0.5, 0.6) is 0 Å². The standard InChI is InChI=1S/C14H16ClN3O2/c1-2-9-7-12(18-17-9)14(20)16-8-13(19)10-5-3-4-6-11(10)15/h3-7,13,19H,2,8H2,1H3,(H,16,20)(H,17,18). The molecule has 0 saturated carbocycles. The van der Waals surface area contributed by atoms with E-state index in [0.717, 1.165) is 12.1 Å². The van der Waals surface area contributed by atoms with E-state index in [4.69, 9.17) is 11.6 Å². The number of carbonyl (C=O) groups excluding carboxylic acids is 1. The van der Waals surface area contributed by atoms with Crippen LogP contribution in [0.15, 0.2) is 30.3 Å². The molecule has 6 heteroatoms. The van der Waals surface area contributed by atoms with Crippen molar-refractivity contribution < 1.29 is 9.90 Å². The topological polar surface area (TPSA) is 78.0 Å². The predicted molar refractivity (Wildman–Crippen MR) is 76.7 cm³/mol. The average Bonchev–Trinajstić information content (AvgIpc) is 2.94. The number of aromatic amines is 1. The van der Waals surface area contributed by atoms with Crippen molar-refractivity contribution in [1.82, 2.24) is 15.5 Å². The van der Waals surface area contributed by atoms with E-state index in [-0.39, 0.29) is 12.5 Å². The van der Waals surface area contributed by atoms with Crippen molar-refractivity contribution in [3.8, 4) is 0 Å². The maximum Gasteiger partial charge on any atom is 0.271 e. The molecule has 3 N–H and O–H groups in total. The molecule has 20 heavy (non-hydrogen) atoms. The van der Waals surface area contributed by atoms with Gasteiger partial charge in [0.25, 0.3) is 5.91 Å². The molecule has 1 unspecified atom stereocenters. The van der Waals surface area contributed by atoms with Gasteiger partial charge in [-0.3, -0.25) is 9.89 Å². The third-order valence-corrected chi connectivity index (χ3v) is 3.31. The fraction of sp³-hybridized carbons (Fsp3) is 0.286. The Morgan fingerprint density at radius 2 is 2.25 bits per heavy atom. The van der Waals surface area contributed by atoms with Crippen LogP contribution in [0, 0.1) is 0 Å². The van der Waals surface area contributed by atoms with E-state index in [1.165, 1.54) is 0 Å². The summed E-state index contributed by atoms with van der Waals surface area (Å²) in [7, 11) is 0. The second kappa shape index (κ2) is 6.54. The number of aromatic nitrogens is 2. The lowest BCUT2D eigenvalue weighted by Crippen LogP contribution is -2.28. The van der Waals surface area contributed by atoms with E-state index < -0.39 is 6.10 Å². The van der Waals surface area contributed by atoms with Crippen molar-refractivity contribution in [3.05, 3.63) is 52.3 Å². The molecule has 0 aliphatic heterocycles. The lowest BCUT2D eigenvalue weighted by Gasteiger charge is -2.12. The summed E-state index contributed by atoms with van der Waals surface area (Å²) in [6.07, 6.45) is -0.0695. The molecule has 1 aromatic heterocycles. The number of carbonyl (C=O) groups is 1. The third kappa shape index (κ3) is 3.37. The minimum absolute atomic E-state index is 0.0802. The normalized spacial score (nSPS) is 12.2. The largest absolute Gasteiger partial charge is 0.387 e. The zero-order valence-electron chi connectivity index (χ0n) is 11.1. The van der Waals surface area contributed by atoms with E-state index in [2.05, 4.69) is 15.5 Å². The monoisotopic (exact) mass is 293 g/mol. The summed E-state index contributed by atoms with van der Waals surface area (Å²) in [5.41, 5.74) is 1.79.